The number of aliphatic carboxylic acids is 1. The summed E-state index contributed by atoms with van der Waals surface area (Å²) in [5, 5.41) is 17.3. The number of hydrogen-bond acceptors (Lipinski definition) is 11. The minimum Gasteiger partial charge on any atom is -0.487 e. The summed E-state index contributed by atoms with van der Waals surface area (Å²) in [5.41, 5.74) is 6.26. The predicted molar refractivity (Wildman–Crippen MR) is 123 cm³/mol. The van der Waals surface area contributed by atoms with Crippen LogP contribution in [-0.2, 0) is 24.0 Å². The van der Waals surface area contributed by atoms with Crippen LogP contribution in [0.1, 0.15) is 24.3 Å². The number of oxime groups is 1. The first-order chi connectivity index (χ1) is 16.3. The molecule has 2 aromatic rings. The van der Waals surface area contributed by atoms with E-state index in [0.717, 1.165) is 21.8 Å². The molecule has 0 radical (unpaired) electrons. The Labute approximate surface area is 201 Å². The van der Waals surface area contributed by atoms with Gasteiger partial charge in [-0.1, -0.05) is 5.16 Å². The number of rotatable bonds is 8. The number of aromatic nitrogens is 2. The highest BCUT2D eigenvalue weighted by molar-refractivity contribution is 8.00. The maximum Gasteiger partial charge on any atom is 0.356 e. The molecule has 1 saturated heterocycles. The number of thioether (sulfide) groups is 1. The fourth-order valence-electron chi connectivity index (χ4n) is 3.50. The maximum absolute atomic E-state index is 12.9. The summed E-state index contributed by atoms with van der Waals surface area (Å²) in [7, 11) is 1.27. The number of ether oxygens (including phenoxy) is 1. The molecule has 1 unspecified atom stereocenters. The molecular formula is C20H20N6O6S2. The van der Waals surface area contributed by atoms with Crippen molar-refractivity contribution in [3.05, 3.63) is 52.6 Å². The molecule has 1 fully saturated rings. The number of nitrogens with zero attached hydrogens (tertiary/aromatic N) is 4. The van der Waals surface area contributed by atoms with Gasteiger partial charge in [0.25, 0.3) is 11.8 Å². The van der Waals surface area contributed by atoms with E-state index in [1.54, 1.807) is 31.5 Å². The highest BCUT2D eigenvalue weighted by Gasteiger charge is 2.55. The lowest BCUT2D eigenvalue weighted by molar-refractivity contribution is -0.150. The third-order valence-electron chi connectivity index (χ3n) is 5.08. The highest BCUT2D eigenvalue weighted by atomic mass is 32.2. The number of hydrogen-bond donors (Lipinski definition) is 3. The Bertz CT molecular complexity index is 1180. The zero-order chi connectivity index (χ0) is 24.4. The molecule has 0 aromatic carbocycles. The largest absolute Gasteiger partial charge is 0.487 e. The van der Waals surface area contributed by atoms with Gasteiger partial charge in [-0.2, -0.15) is 0 Å². The molecule has 34 heavy (non-hydrogen) atoms. The van der Waals surface area contributed by atoms with E-state index in [1.807, 2.05) is 0 Å². The zero-order valence-corrected chi connectivity index (χ0v) is 19.6. The van der Waals surface area contributed by atoms with E-state index in [9.17, 15) is 19.5 Å². The number of thiazole rings is 1. The van der Waals surface area contributed by atoms with Gasteiger partial charge in [0.1, 0.15) is 36.1 Å². The Morgan fingerprint density at radius 3 is 2.74 bits per heavy atom. The summed E-state index contributed by atoms with van der Waals surface area (Å²) >= 11 is 2.41. The molecule has 0 aliphatic carbocycles. The first kappa shape index (κ1) is 23.5. The third-order valence-corrected chi connectivity index (χ3v) is 7.01. The van der Waals surface area contributed by atoms with Crippen LogP contribution < -0.4 is 11.1 Å². The molecule has 4 N–H and O–H groups in total. The van der Waals surface area contributed by atoms with Gasteiger partial charge in [-0.25, -0.2) is 9.78 Å². The van der Waals surface area contributed by atoms with E-state index in [1.165, 1.54) is 24.3 Å². The van der Waals surface area contributed by atoms with E-state index < -0.39 is 35.3 Å². The first-order valence-electron chi connectivity index (χ1n) is 9.93. The van der Waals surface area contributed by atoms with Crippen molar-refractivity contribution in [2.45, 2.75) is 24.4 Å². The molecule has 14 heteroatoms. The number of pyridine rings is 1. The van der Waals surface area contributed by atoms with Gasteiger partial charge in [0, 0.05) is 17.8 Å². The molecule has 12 nitrogen and oxygen atoms in total. The van der Waals surface area contributed by atoms with Crippen LogP contribution in [0.4, 0.5) is 5.13 Å². The summed E-state index contributed by atoms with van der Waals surface area (Å²) in [6.07, 6.45) is 2.77. The number of carboxylic acid groups (broad SMARTS) is 1. The molecule has 2 amide bonds. The van der Waals surface area contributed by atoms with E-state index in [-0.39, 0.29) is 33.7 Å². The fraction of sp³-hybridized carbons (Fsp3) is 0.300. The van der Waals surface area contributed by atoms with Gasteiger partial charge in [-0.05, 0) is 24.6 Å². The number of amides is 2. The molecule has 4 rings (SSSR count). The number of carbonyl (C=O) groups excluding carboxylic acids is 2. The van der Waals surface area contributed by atoms with Crippen molar-refractivity contribution in [3.63, 3.8) is 0 Å². The lowest BCUT2D eigenvalue weighted by Crippen LogP contribution is -2.71. The van der Waals surface area contributed by atoms with Crippen molar-refractivity contribution in [1.82, 2.24) is 20.2 Å². The summed E-state index contributed by atoms with van der Waals surface area (Å²) in [5.74, 6) is -2.18. The molecule has 0 spiro atoms. The normalized spacial score (nSPS) is 20.8. The van der Waals surface area contributed by atoms with Gasteiger partial charge in [-0.15, -0.1) is 23.1 Å². The highest BCUT2D eigenvalue weighted by Crippen LogP contribution is 2.41. The van der Waals surface area contributed by atoms with Crippen LogP contribution in [0.2, 0.25) is 0 Å². The van der Waals surface area contributed by atoms with Gasteiger partial charge in [-0.3, -0.25) is 19.5 Å². The fourth-order valence-corrected chi connectivity index (χ4v) is 5.31. The number of anilines is 1. The second-order valence-corrected chi connectivity index (χ2v) is 9.17. The average molecular weight is 505 g/mol. The van der Waals surface area contributed by atoms with Crippen molar-refractivity contribution in [2.75, 3.05) is 18.6 Å². The molecular weight excluding hydrogens is 484 g/mol. The standard InChI is InChI=1S/C20H20N6O6S2/c1-9(10-3-5-22-6-4-10)32-12-8-33-18-14(17(28)26(18)15(12)19(29)30)24-16(27)13(25-31-2)11-7-34-20(21)23-11/h3-7,9,14,18H,8H2,1-2H3,(H2,21,23)(H,24,27)(H,29,30)/b25-13-/t9?,14-,18-/m1/s1. The quantitative estimate of drug-likeness (QED) is 0.267. The maximum atomic E-state index is 12.9. The topological polar surface area (TPSA) is 169 Å². The molecule has 4 heterocycles. The van der Waals surface area contributed by atoms with Crippen LogP contribution >= 0.6 is 23.1 Å². The summed E-state index contributed by atoms with van der Waals surface area (Å²) in [6.45, 7) is 1.78. The average Bonchev–Trinajstić information content (AvgIpc) is 3.26. The van der Waals surface area contributed by atoms with Gasteiger partial charge in [0.05, 0.1) is 5.75 Å². The number of β-lactam (4-membered cyclic amide) rings is 1. The summed E-state index contributed by atoms with van der Waals surface area (Å²) in [4.78, 5) is 51.6. The van der Waals surface area contributed by atoms with Crippen LogP contribution in [0.25, 0.3) is 0 Å². The predicted octanol–water partition coefficient (Wildman–Crippen LogP) is 0.945. The van der Waals surface area contributed by atoms with Crippen LogP contribution in [0, 0.1) is 0 Å². The number of carboxylic acids is 1. The van der Waals surface area contributed by atoms with E-state index in [0.29, 0.717) is 0 Å². The second-order valence-electron chi connectivity index (χ2n) is 7.17. The molecule has 2 aliphatic rings. The van der Waals surface area contributed by atoms with Crippen LogP contribution in [0.3, 0.4) is 0 Å². The molecule has 178 valence electrons. The second kappa shape index (κ2) is 9.69. The molecule has 2 aliphatic heterocycles. The van der Waals surface area contributed by atoms with Crippen LogP contribution in [-0.4, -0.2) is 67.7 Å². The Hall–Kier alpha value is -3.65. The van der Waals surface area contributed by atoms with E-state index >= 15 is 0 Å². The number of nitrogen functional groups attached to an aromatic ring is 1. The Kier molecular flexibility index (Phi) is 6.70. The molecule has 0 bridgehead atoms. The van der Waals surface area contributed by atoms with Crippen molar-refractivity contribution in [3.8, 4) is 0 Å². The van der Waals surface area contributed by atoms with E-state index in [4.69, 9.17) is 15.3 Å². The van der Waals surface area contributed by atoms with Crippen molar-refractivity contribution < 1.29 is 29.1 Å². The van der Waals surface area contributed by atoms with Gasteiger partial charge >= 0.3 is 5.97 Å². The lowest BCUT2D eigenvalue weighted by Gasteiger charge is -2.49. The van der Waals surface area contributed by atoms with Gasteiger partial charge in [0.15, 0.2) is 16.5 Å². The first-order valence-corrected chi connectivity index (χ1v) is 11.9. The van der Waals surface area contributed by atoms with E-state index in [2.05, 4.69) is 20.4 Å². The van der Waals surface area contributed by atoms with Crippen LogP contribution in [0.5, 0.6) is 0 Å². The number of nitrogens with one attached hydrogen (secondary N) is 1. The lowest BCUT2D eigenvalue weighted by atomic mass is 10.0. The van der Waals surface area contributed by atoms with Crippen molar-refractivity contribution in [1.29, 1.82) is 0 Å². The summed E-state index contributed by atoms with van der Waals surface area (Å²) in [6, 6.07) is 2.57. The van der Waals surface area contributed by atoms with Crippen molar-refractivity contribution >= 4 is 51.7 Å². The Morgan fingerprint density at radius 2 is 2.12 bits per heavy atom. The van der Waals surface area contributed by atoms with Crippen LogP contribution in [0.15, 0.2) is 46.5 Å². The van der Waals surface area contributed by atoms with Gasteiger partial charge < -0.3 is 25.7 Å². The number of carbonyl (C=O) groups is 3. The van der Waals surface area contributed by atoms with Crippen molar-refractivity contribution in [2.24, 2.45) is 5.16 Å². The number of nitrogens with two attached hydrogens (primary N) is 1. The minimum atomic E-state index is -1.29. The monoisotopic (exact) mass is 504 g/mol. The van der Waals surface area contributed by atoms with Gasteiger partial charge in [0.2, 0.25) is 0 Å². The summed E-state index contributed by atoms with van der Waals surface area (Å²) < 4.78 is 5.91. The molecule has 2 aromatic heterocycles. The minimum absolute atomic E-state index is 0.147. The zero-order valence-electron chi connectivity index (χ0n) is 18.0. The third kappa shape index (κ3) is 4.41. The Morgan fingerprint density at radius 1 is 1.38 bits per heavy atom. The SMILES string of the molecule is CO/N=C(\C(=O)N[C@@H]1C(=O)N2C(C(=O)O)=C(OC(C)c3ccncc3)CS[C@H]12)c1csc(N)n1. The smallest absolute Gasteiger partial charge is 0.356 e. The molecule has 0 saturated carbocycles. The Balaban J connectivity index is 1.51. The molecule has 3 atom stereocenters. The number of fused-ring (bicyclic) bond motifs is 1.